The molecule has 2 aromatic carbocycles. The second-order valence-electron chi connectivity index (χ2n) is 6.06. The van der Waals surface area contributed by atoms with Crippen molar-refractivity contribution in [2.45, 2.75) is 6.10 Å². The number of hydrogen-bond acceptors (Lipinski definition) is 7. The van der Waals surface area contributed by atoms with Crippen LogP contribution in [0.1, 0.15) is 10.4 Å². The van der Waals surface area contributed by atoms with Crippen LogP contribution in [0.4, 0.5) is 10.8 Å². The summed E-state index contributed by atoms with van der Waals surface area (Å²) in [6.07, 6.45) is 0.803. The molecule has 4 rings (SSSR count). The van der Waals surface area contributed by atoms with Crippen LogP contribution in [0.25, 0.3) is 0 Å². The van der Waals surface area contributed by atoms with E-state index < -0.39 is 6.10 Å². The fourth-order valence-electron chi connectivity index (χ4n) is 2.75. The van der Waals surface area contributed by atoms with Crippen molar-refractivity contribution < 1.29 is 23.8 Å². The fourth-order valence-corrected chi connectivity index (χ4v) is 3.28. The number of carbonyl (C=O) groups excluding carboxylic acids is 2. The third kappa shape index (κ3) is 4.14. The lowest BCUT2D eigenvalue weighted by Gasteiger charge is -2.25. The van der Waals surface area contributed by atoms with Crippen LogP contribution in [0, 0.1) is 0 Å². The average molecular weight is 411 g/mol. The van der Waals surface area contributed by atoms with Gasteiger partial charge in [-0.15, -0.1) is 11.3 Å². The van der Waals surface area contributed by atoms with Crippen molar-refractivity contribution >= 4 is 34.0 Å². The lowest BCUT2D eigenvalue weighted by Crippen LogP contribution is -2.40. The van der Waals surface area contributed by atoms with Crippen LogP contribution in [0.3, 0.4) is 0 Å². The molecule has 1 aliphatic heterocycles. The van der Waals surface area contributed by atoms with E-state index >= 15 is 0 Å². The third-order valence-corrected chi connectivity index (χ3v) is 4.86. The second-order valence-corrected chi connectivity index (χ2v) is 6.95. The number of rotatable bonds is 5. The number of benzene rings is 2. The van der Waals surface area contributed by atoms with Crippen molar-refractivity contribution in [3.63, 3.8) is 0 Å². The van der Waals surface area contributed by atoms with Crippen LogP contribution >= 0.6 is 11.3 Å². The normalized spacial score (nSPS) is 14.7. The molecule has 29 heavy (non-hydrogen) atoms. The van der Waals surface area contributed by atoms with E-state index in [0.29, 0.717) is 33.6 Å². The van der Waals surface area contributed by atoms with E-state index in [9.17, 15) is 9.59 Å². The van der Waals surface area contributed by atoms with Crippen LogP contribution in [0.5, 0.6) is 17.2 Å². The molecule has 2 N–H and O–H groups in total. The third-order valence-electron chi connectivity index (χ3n) is 4.18. The smallest absolute Gasteiger partial charge is 0.269 e. The Morgan fingerprint density at radius 3 is 2.76 bits per heavy atom. The van der Waals surface area contributed by atoms with Crippen molar-refractivity contribution in [2.75, 3.05) is 24.4 Å². The van der Waals surface area contributed by atoms with Gasteiger partial charge < -0.3 is 19.5 Å². The van der Waals surface area contributed by atoms with E-state index in [-0.39, 0.29) is 18.4 Å². The SMILES string of the molecule is COc1cc(C(=O)Nc2nccs2)ccc1NC(=O)C1COc2ccccc2O1. The summed E-state index contributed by atoms with van der Waals surface area (Å²) < 4.78 is 16.6. The summed E-state index contributed by atoms with van der Waals surface area (Å²) >= 11 is 1.32. The van der Waals surface area contributed by atoms with E-state index in [0.717, 1.165) is 0 Å². The number of nitrogens with zero attached hydrogens (tertiary/aromatic N) is 1. The van der Waals surface area contributed by atoms with E-state index in [4.69, 9.17) is 14.2 Å². The first-order valence-corrected chi connectivity index (χ1v) is 9.60. The Labute approximate surface area is 170 Å². The van der Waals surface area contributed by atoms with Crippen LogP contribution in [-0.2, 0) is 4.79 Å². The highest BCUT2D eigenvalue weighted by Gasteiger charge is 2.28. The molecule has 148 valence electrons. The summed E-state index contributed by atoms with van der Waals surface area (Å²) in [5.74, 6) is 0.765. The number of anilines is 2. The molecule has 1 aromatic heterocycles. The van der Waals surface area contributed by atoms with Gasteiger partial charge in [-0.3, -0.25) is 14.9 Å². The van der Waals surface area contributed by atoms with Crippen molar-refractivity contribution in [2.24, 2.45) is 0 Å². The molecule has 2 amide bonds. The van der Waals surface area contributed by atoms with Gasteiger partial charge in [0.05, 0.1) is 12.8 Å². The van der Waals surface area contributed by atoms with Crippen molar-refractivity contribution in [1.29, 1.82) is 0 Å². The van der Waals surface area contributed by atoms with Gasteiger partial charge in [0.2, 0.25) is 6.10 Å². The molecule has 8 nitrogen and oxygen atoms in total. The number of thiazole rings is 1. The van der Waals surface area contributed by atoms with E-state index in [2.05, 4.69) is 15.6 Å². The monoisotopic (exact) mass is 411 g/mol. The van der Waals surface area contributed by atoms with Gasteiger partial charge in [0.1, 0.15) is 12.4 Å². The summed E-state index contributed by atoms with van der Waals surface area (Å²) in [4.78, 5) is 29.0. The van der Waals surface area contributed by atoms with E-state index in [1.54, 1.807) is 48.0 Å². The lowest BCUT2D eigenvalue weighted by molar-refractivity contribution is -0.125. The molecule has 1 unspecified atom stereocenters. The predicted octanol–water partition coefficient (Wildman–Crippen LogP) is 3.18. The molecule has 1 atom stereocenters. The van der Waals surface area contributed by atoms with Gasteiger partial charge in [-0.25, -0.2) is 4.98 Å². The number of nitrogens with one attached hydrogen (secondary N) is 2. The molecule has 0 aliphatic carbocycles. The Morgan fingerprint density at radius 1 is 1.17 bits per heavy atom. The highest BCUT2D eigenvalue weighted by atomic mass is 32.1. The van der Waals surface area contributed by atoms with Crippen LogP contribution in [-0.4, -0.2) is 36.6 Å². The van der Waals surface area contributed by atoms with Crippen LogP contribution in [0.15, 0.2) is 54.0 Å². The van der Waals surface area contributed by atoms with E-state index in [1.165, 1.54) is 18.4 Å². The molecule has 3 aromatic rings. The van der Waals surface area contributed by atoms with Crippen molar-refractivity contribution in [3.8, 4) is 17.2 Å². The summed E-state index contributed by atoms with van der Waals surface area (Å²) in [6, 6.07) is 11.9. The first kappa shape index (κ1) is 18.8. The molecular weight excluding hydrogens is 394 g/mol. The molecular formula is C20H17N3O5S. The molecule has 2 heterocycles. The maximum Gasteiger partial charge on any atom is 0.269 e. The van der Waals surface area contributed by atoms with Crippen molar-refractivity contribution in [3.05, 3.63) is 59.6 Å². The molecule has 0 radical (unpaired) electrons. The Balaban J connectivity index is 1.46. The van der Waals surface area contributed by atoms with Gasteiger partial charge in [0.15, 0.2) is 16.6 Å². The highest BCUT2D eigenvalue weighted by Crippen LogP contribution is 2.32. The highest BCUT2D eigenvalue weighted by molar-refractivity contribution is 7.13. The molecule has 0 spiro atoms. The number of aromatic nitrogens is 1. The summed E-state index contributed by atoms with van der Waals surface area (Å²) in [6.45, 7) is 0.0967. The maximum atomic E-state index is 12.6. The Bertz CT molecular complexity index is 1040. The van der Waals surface area contributed by atoms with Gasteiger partial charge in [0, 0.05) is 17.1 Å². The number of hydrogen-bond donors (Lipinski definition) is 2. The molecule has 1 aliphatic rings. The zero-order valence-electron chi connectivity index (χ0n) is 15.4. The minimum Gasteiger partial charge on any atom is -0.495 e. The predicted molar refractivity (Wildman–Crippen MR) is 108 cm³/mol. The standard InChI is InChI=1S/C20H17N3O5S/c1-26-16-10-12(18(24)23-20-21-8-9-29-20)6-7-13(16)22-19(25)17-11-27-14-4-2-3-5-15(14)28-17/h2-10,17H,11H2,1H3,(H,22,25)(H,21,23,24). The second kappa shape index (κ2) is 8.19. The zero-order chi connectivity index (χ0) is 20.2. The van der Waals surface area contributed by atoms with Crippen LogP contribution in [0.2, 0.25) is 0 Å². The minimum absolute atomic E-state index is 0.0967. The number of fused-ring (bicyclic) bond motifs is 1. The number of methoxy groups -OCH3 is 1. The summed E-state index contributed by atoms with van der Waals surface area (Å²) in [7, 11) is 1.46. The number of carbonyl (C=O) groups is 2. The maximum absolute atomic E-state index is 12.6. The molecule has 0 bridgehead atoms. The first-order chi connectivity index (χ1) is 14.1. The summed E-state index contributed by atoms with van der Waals surface area (Å²) in [5, 5.41) is 7.73. The molecule has 9 heteroatoms. The van der Waals surface area contributed by atoms with Crippen molar-refractivity contribution in [1.82, 2.24) is 4.98 Å². The molecule has 0 saturated heterocycles. The lowest BCUT2D eigenvalue weighted by atomic mass is 10.1. The number of amides is 2. The van der Waals surface area contributed by atoms with Gasteiger partial charge in [-0.1, -0.05) is 12.1 Å². The Kier molecular flexibility index (Phi) is 5.30. The Morgan fingerprint density at radius 2 is 2.00 bits per heavy atom. The van der Waals surface area contributed by atoms with E-state index in [1.807, 2.05) is 6.07 Å². The fraction of sp³-hybridized carbons (Fsp3) is 0.150. The minimum atomic E-state index is -0.803. The largest absolute Gasteiger partial charge is 0.495 e. The number of ether oxygens (including phenoxy) is 3. The molecule has 0 saturated carbocycles. The zero-order valence-corrected chi connectivity index (χ0v) is 16.2. The van der Waals surface area contributed by atoms with Crippen LogP contribution < -0.4 is 24.8 Å². The quantitative estimate of drug-likeness (QED) is 0.669. The summed E-state index contributed by atoms with van der Waals surface area (Å²) in [5.41, 5.74) is 0.798. The van der Waals surface area contributed by atoms with Gasteiger partial charge in [-0.05, 0) is 30.3 Å². The van der Waals surface area contributed by atoms with Gasteiger partial charge >= 0.3 is 0 Å². The first-order valence-electron chi connectivity index (χ1n) is 8.72. The van der Waals surface area contributed by atoms with Gasteiger partial charge in [-0.2, -0.15) is 0 Å². The van der Waals surface area contributed by atoms with Gasteiger partial charge in [0.25, 0.3) is 11.8 Å². The Hall–Kier alpha value is -3.59. The number of para-hydroxylation sites is 2. The molecule has 0 fully saturated rings. The topological polar surface area (TPSA) is 98.8 Å². The average Bonchev–Trinajstić information content (AvgIpc) is 3.26.